The molecular formula is C19H23N3O2. The number of nitrogens with zero attached hydrogens (tertiary/aromatic N) is 2. The Hall–Kier alpha value is -2.30. The van der Waals surface area contributed by atoms with Gasteiger partial charge in [-0.3, -0.25) is 9.48 Å². The van der Waals surface area contributed by atoms with Gasteiger partial charge < -0.3 is 10.4 Å². The van der Waals surface area contributed by atoms with Crippen molar-refractivity contribution in [1.82, 2.24) is 15.1 Å². The first-order valence-electron chi connectivity index (χ1n) is 8.56. The number of aryl methyl sites for hydroxylation is 2. The van der Waals surface area contributed by atoms with Gasteiger partial charge in [0.25, 0.3) is 0 Å². The maximum atomic E-state index is 12.8. The molecule has 1 heterocycles. The van der Waals surface area contributed by atoms with Gasteiger partial charge in [0.15, 0.2) is 0 Å². The zero-order chi connectivity index (χ0) is 16.9. The van der Waals surface area contributed by atoms with E-state index < -0.39 is 0 Å². The molecule has 0 saturated heterocycles. The van der Waals surface area contributed by atoms with Crippen molar-refractivity contribution in [2.45, 2.75) is 38.1 Å². The fraction of sp³-hybridized carbons (Fsp3) is 0.474. The molecule has 5 heteroatoms. The average Bonchev–Trinajstić information content (AvgIpc) is 3.23. The average molecular weight is 325 g/mol. The van der Waals surface area contributed by atoms with Crippen LogP contribution in [0, 0.1) is 18.8 Å². The SMILES string of the molecule is Cc1cc(CNC(=O)C2C3CCC2(c2ccnn2C)C3)ccc1O. The fourth-order valence-corrected chi connectivity index (χ4v) is 4.82. The first kappa shape index (κ1) is 15.2. The summed E-state index contributed by atoms with van der Waals surface area (Å²) in [6.45, 7) is 2.37. The first-order valence-corrected chi connectivity index (χ1v) is 8.56. The van der Waals surface area contributed by atoms with E-state index in [9.17, 15) is 9.90 Å². The Morgan fingerprint density at radius 1 is 1.46 bits per heavy atom. The van der Waals surface area contributed by atoms with Crippen molar-refractivity contribution in [3.05, 3.63) is 47.3 Å². The van der Waals surface area contributed by atoms with E-state index in [1.807, 2.05) is 37.0 Å². The summed E-state index contributed by atoms with van der Waals surface area (Å²) < 4.78 is 1.92. The van der Waals surface area contributed by atoms with E-state index in [0.717, 1.165) is 30.4 Å². The number of aromatic nitrogens is 2. The Labute approximate surface area is 141 Å². The van der Waals surface area contributed by atoms with Crippen molar-refractivity contribution >= 4 is 5.91 Å². The summed E-state index contributed by atoms with van der Waals surface area (Å²) in [4.78, 5) is 12.8. The standard InChI is InChI=1S/C19H23N3O2/c1-12-9-13(3-4-15(12)23)11-20-18(24)17-14-5-7-19(17,10-14)16-6-8-21-22(16)2/h3-4,6,8-9,14,17,23H,5,7,10-11H2,1-2H3,(H,20,24). The highest BCUT2D eigenvalue weighted by atomic mass is 16.3. The summed E-state index contributed by atoms with van der Waals surface area (Å²) in [6.07, 6.45) is 5.13. The zero-order valence-corrected chi connectivity index (χ0v) is 14.1. The number of hydrogen-bond donors (Lipinski definition) is 2. The molecular weight excluding hydrogens is 302 g/mol. The van der Waals surface area contributed by atoms with Gasteiger partial charge in [-0.1, -0.05) is 12.1 Å². The number of rotatable bonds is 4. The van der Waals surface area contributed by atoms with E-state index in [1.165, 1.54) is 5.69 Å². The molecule has 3 fully saturated rings. The van der Waals surface area contributed by atoms with Crippen LogP contribution in [-0.2, 0) is 23.8 Å². The lowest BCUT2D eigenvalue weighted by atomic mass is 9.58. The summed E-state index contributed by atoms with van der Waals surface area (Å²) in [5.74, 6) is 1.00. The fourth-order valence-electron chi connectivity index (χ4n) is 4.82. The van der Waals surface area contributed by atoms with Crippen LogP contribution in [0.2, 0.25) is 0 Å². The molecule has 1 aromatic heterocycles. The number of phenols is 1. The third-order valence-electron chi connectivity index (χ3n) is 6.00. The number of benzene rings is 1. The van der Waals surface area contributed by atoms with Gasteiger partial charge in [0.05, 0.1) is 5.92 Å². The topological polar surface area (TPSA) is 67.2 Å². The number of carbonyl (C=O) groups excluding carboxylic acids is 1. The van der Waals surface area contributed by atoms with Gasteiger partial charge in [0, 0.05) is 30.9 Å². The van der Waals surface area contributed by atoms with Gasteiger partial charge in [-0.25, -0.2) is 0 Å². The molecule has 3 aliphatic carbocycles. The highest BCUT2D eigenvalue weighted by Crippen LogP contribution is 2.63. The quantitative estimate of drug-likeness (QED) is 0.907. The zero-order valence-electron chi connectivity index (χ0n) is 14.1. The Balaban J connectivity index is 1.49. The molecule has 2 bridgehead atoms. The van der Waals surface area contributed by atoms with Crippen molar-refractivity contribution in [2.75, 3.05) is 0 Å². The predicted octanol–water partition coefficient (Wildman–Crippen LogP) is 2.42. The Bertz CT molecular complexity index is 794. The number of carbonyl (C=O) groups is 1. The molecule has 3 saturated carbocycles. The van der Waals surface area contributed by atoms with E-state index >= 15 is 0 Å². The van der Waals surface area contributed by atoms with Crippen LogP contribution in [0.3, 0.4) is 0 Å². The minimum Gasteiger partial charge on any atom is -0.508 e. The van der Waals surface area contributed by atoms with E-state index in [2.05, 4.69) is 16.5 Å². The Kier molecular flexibility index (Phi) is 3.41. The van der Waals surface area contributed by atoms with Crippen LogP contribution < -0.4 is 5.32 Å². The van der Waals surface area contributed by atoms with Crippen LogP contribution in [0.15, 0.2) is 30.5 Å². The molecule has 5 nitrogen and oxygen atoms in total. The van der Waals surface area contributed by atoms with E-state index in [0.29, 0.717) is 12.5 Å². The molecule has 0 spiro atoms. The lowest BCUT2D eigenvalue weighted by Crippen LogP contribution is -2.53. The predicted molar refractivity (Wildman–Crippen MR) is 90.4 cm³/mol. The van der Waals surface area contributed by atoms with E-state index in [-0.39, 0.29) is 23.0 Å². The molecule has 2 aromatic rings. The lowest BCUT2D eigenvalue weighted by molar-refractivity contribution is -0.133. The Morgan fingerprint density at radius 3 is 2.96 bits per heavy atom. The van der Waals surface area contributed by atoms with Gasteiger partial charge >= 0.3 is 0 Å². The van der Waals surface area contributed by atoms with Crippen molar-refractivity contribution in [3.8, 4) is 5.75 Å². The molecule has 0 radical (unpaired) electrons. The third-order valence-corrected chi connectivity index (χ3v) is 6.00. The minimum absolute atomic E-state index is 0.0229. The highest BCUT2D eigenvalue weighted by molar-refractivity contribution is 5.82. The van der Waals surface area contributed by atoms with Crippen LogP contribution >= 0.6 is 0 Å². The molecule has 2 N–H and O–H groups in total. The molecule has 0 aliphatic heterocycles. The number of hydrogen-bond acceptors (Lipinski definition) is 3. The second-order valence-corrected chi connectivity index (χ2v) is 7.32. The van der Waals surface area contributed by atoms with Crippen LogP contribution in [0.1, 0.15) is 36.1 Å². The smallest absolute Gasteiger partial charge is 0.224 e. The molecule has 5 rings (SSSR count). The van der Waals surface area contributed by atoms with Crippen molar-refractivity contribution < 1.29 is 9.90 Å². The number of nitrogens with one attached hydrogen (secondary N) is 1. The summed E-state index contributed by atoms with van der Waals surface area (Å²) >= 11 is 0. The first-order chi connectivity index (χ1) is 11.5. The largest absolute Gasteiger partial charge is 0.508 e. The van der Waals surface area contributed by atoms with Gasteiger partial charge in [-0.05, 0) is 55.4 Å². The van der Waals surface area contributed by atoms with Gasteiger partial charge in [-0.15, -0.1) is 0 Å². The van der Waals surface area contributed by atoms with Crippen LogP contribution in [0.25, 0.3) is 0 Å². The second kappa shape index (κ2) is 5.36. The highest BCUT2D eigenvalue weighted by Gasteiger charge is 2.63. The molecule has 3 unspecified atom stereocenters. The maximum absolute atomic E-state index is 12.8. The minimum atomic E-state index is -0.0229. The van der Waals surface area contributed by atoms with E-state index in [1.54, 1.807) is 6.07 Å². The Morgan fingerprint density at radius 2 is 2.29 bits per heavy atom. The van der Waals surface area contributed by atoms with Gasteiger partial charge in [0.1, 0.15) is 5.75 Å². The van der Waals surface area contributed by atoms with Crippen molar-refractivity contribution in [1.29, 1.82) is 0 Å². The van der Waals surface area contributed by atoms with Crippen molar-refractivity contribution in [3.63, 3.8) is 0 Å². The van der Waals surface area contributed by atoms with Gasteiger partial charge in [-0.2, -0.15) is 5.10 Å². The molecule has 126 valence electrons. The molecule has 1 aromatic carbocycles. The number of phenolic OH excluding ortho intramolecular Hbond substituents is 1. The second-order valence-electron chi connectivity index (χ2n) is 7.32. The van der Waals surface area contributed by atoms with Crippen LogP contribution in [0.4, 0.5) is 0 Å². The van der Waals surface area contributed by atoms with Crippen LogP contribution in [-0.4, -0.2) is 20.8 Å². The number of amides is 1. The summed E-state index contributed by atoms with van der Waals surface area (Å²) in [5, 5.41) is 17.0. The monoisotopic (exact) mass is 325 g/mol. The molecule has 24 heavy (non-hydrogen) atoms. The third kappa shape index (κ3) is 2.14. The number of aromatic hydroxyl groups is 1. The molecule has 1 amide bonds. The normalized spacial score (nSPS) is 27.8. The van der Waals surface area contributed by atoms with Crippen LogP contribution in [0.5, 0.6) is 5.75 Å². The lowest BCUT2D eigenvalue weighted by Gasteiger charge is -2.46. The summed E-state index contributed by atoms with van der Waals surface area (Å²) in [6, 6.07) is 7.52. The van der Waals surface area contributed by atoms with Gasteiger partial charge in [0.2, 0.25) is 5.91 Å². The van der Waals surface area contributed by atoms with E-state index in [4.69, 9.17) is 0 Å². The molecule has 3 atom stereocenters. The summed E-state index contributed by atoms with van der Waals surface area (Å²) in [5.41, 5.74) is 3.01. The number of fused-ring (bicyclic) bond motifs is 1. The molecule has 3 aliphatic rings. The van der Waals surface area contributed by atoms with Crippen molar-refractivity contribution in [2.24, 2.45) is 18.9 Å². The maximum Gasteiger partial charge on any atom is 0.224 e. The summed E-state index contributed by atoms with van der Waals surface area (Å²) in [7, 11) is 1.96.